The van der Waals surface area contributed by atoms with Crippen LogP contribution in [0, 0.1) is 19.7 Å². The molecule has 0 bridgehead atoms. The Hall–Kier alpha value is -2.62. The third-order valence-corrected chi connectivity index (χ3v) is 4.34. The van der Waals surface area contributed by atoms with E-state index >= 15 is 0 Å². The van der Waals surface area contributed by atoms with Crippen molar-refractivity contribution >= 4 is 5.82 Å². The van der Waals surface area contributed by atoms with E-state index in [0.717, 1.165) is 41.3 Å². The monoisotopic (exact) mass is 307 g/mol. The van der Waals surface area contributed by atoms with Crippen molar-refractivity contribution in [2.75, 3.05) is 11.9 Å². The number of fused-ring (bicyclic) bond motifs is 1. The molecule has 1 N–H and O–H groups in total. The highest BCUT2D eigenvalue weighted by atomic mass is 19.1. The van der Waals surface area contributed by atoms with Crippen LogP contribution in [0.25, 0.3) is 16.9 Å². The summed E-state index contributed by atoms with van der Waals surface area (Å²) in [6.07, 6.45) is 0.909. The zero-order chi connectivity index (χ0) is 16.0. The van der Waals surface area contributed by atoms with Crippen molar-refractivity contribution in [2.24, 2.45) is 0 Å². The van der Waals surface area contributed by atoms with Crippen LogP contribution in [-0.4, -0.2) is 16.3 Å². The summed E-state index contributed by atoms with van der Waals surface area (Å²) in [6.45, 7) is 5.05. The van der Waals surface area contributed by atoms with Gasteiger partial charge >= 0.3 is 0 Å². The number of rotatable bonds is 2. The molecule has 0 radical (unpaired) electrons. The lowest BCUT2D eigenvalue weighted by Gasteiger charge is -2.10. The lowest BCUT2D eigenvalue weighted by Crippen LogP contribution is -2.06. The van der Waals surface area contributed by atoms with E-state index in [2.05, 4.69) is 37.4 Å². The molecule has 23 heavy (non-hydrogen) atoms. The molecule has 116 valence electrons. The highest BCUT2D eigenvalue weighted by Gasteiger charge is 2.24. The van der Waals surface area contributed by atoms with E-state index in [4.69, 9.17) is 5.10 Å². The maximum Gasteiger partial charge on any atom is 0.133 e. The van der Waals surface area contributed by atoms with E-state index in [1.165, 1.54) is 17.2 Å². The molecule has 0 amide bonds. The normalized spacial score (nSPS) is 13.0. The van der Waals surface area contributed by atoms with Crippen LogP contribution in [0.15, 0.2) is 42.5 Å². The predicted molar refractivity (Wildman–Crippen MR) is 90.6 cm³/mol. The largest absolute Gasteiger partial charge is 0.369 e. The fourth-order valence-electron chi connectivity index (χ4n) is 3.16. The maximum atomic E-state index is 13.6. The van der Waals surface area contributed by atoms with Crippen molar-refractivity contribution in [1.29, 1.82) is 0 Å². The first-order chi connectivity index (χ1) is 11.1. The van der Waals surface area contributed by atoms with Gasteiger partial charge in [0.05, 0.1) is 11.4 Å². The van der Waals surface area contributed by atoms with Gasteiger partial charge in [-0.3, -0.25) is 0 Å². The molecule has 0 aliphatic carbocycles. The topological polar surface area (TPSA) is 29.9 Å². The summed E-state index contributed by atoms with van der Waals surface area (Å²) < 4.78 is 15.6. The van der Waals surface area contributed by atoms with Crippen LogP contribution in [0.5, 0.6) is 0 Å². The second kappa shape index (κ2) is 5.23. The van der Waals surface area contributed by atoms with Crippen molar-refractivity contribution in [2.45, 2.75) is 20.3 Å². The summed E-state index contributed by atoms with van der Waals surface area (Å²) in [4.78, 5) is 0. The van der Waals surface area contributed by atoms with E-state index in [0.29, 0.717) is 0 Å². The molecule has 0 spiro atoms. The molecule has 3 aromatic rings. The average molecular weight is 307 g/mol. The maximum absolute atomic E-state index is 13.6. The minimum Gasteiger partial charge on any atom is -0.369 e. The number of nitrogens with zero attached hydrogens (tertiary/aromatic N) is 2. The minimum absolute atomic E-state index is 0.233. The molecule has 0 saturated carbocycles. The van der Waals surface area contributed by atoms with E-state index < -0.39 is 0 Å². The lowest BCUT2D eigenvalue weighted by atomic mass is 10.1. The van der Waals surface area contributed by atoms with Gasteiger partial charge in [0.2, 0.25) is 0 Å². The molecule has 1 aliphatic heterocycles. The van der Waals surface area contributed by atoms with Gasteiger partial charge < -0.3 is 5.32 Å². The van der Waals surface area contributed by atoms with Crippen LogP contribution in [0.4, 0.5) is 10.2 Å². The molecular weight excluding hydrogens is 289 g/mol. The van der Waals surface area contributed by atoms with Gasteiger partial charge in [-0.1, -0.05) is 24.3 Å². The van der Waals surface area contributed by atoms with Crippen molar-refractivity contribution in [3.63, 3.8) is 0 Å². The summed E-state index contributed by atoms with van der Waals surface area (Å²) in [7, 11) is 0. The van der Waals surface area contributed by atoms with E-state index in [-0.39, 0.29) is 5.82 Å². The van der Waals surface area contributed by atoms with E-state index in [9.17, 15) is 4.39 Å². The van der Waals surface area contributed by atoms with Crippen LogP contribution >= 0.6 is 0 Å². The highest BCUT2D eigenvalue weighted by molar-refractivity contribution is 5.73. The second-order valence-electron chi connectivity index (χ2n) is 6.06. The molecule has 0 saturated heterocycles. The van der Waals surface area contributed by atoms with Crippen molar-refractivity contribution < 1.29 is 4.39 Å². The van der Waals surface area contributed by atoms with Gasteiger partial charge in [-0.15, -0.1) is 0 Å². The highest BCUT2D eigenvalue weighted by Crippen LogP contribution is 2.35. The molecule has 1 aliphatic rings. The first-order valence-corrected chi connectivity index (χ1v) is 7.83. The fraction of sp³-hybridized carbons (Fsp3) is 0.211. The van der Waals surface area contributed by atoms with Gasteiger partial charge in [-0.05, 0) is 49.6 Å². The summed E-state index contributed by atoms with van der Waals surface area (Å²) in [6, 6.07) is 13.0. The van der Waals surface area contributed by atoms with Gasteiger partial charge in [0, 0.05) is 17.7 Å². The Morgan fingerprint density at radius 3 is 2.83 bits per heavy atom. The lowest BCUT2D eigenvalue weighted by molar-refractivity contribution is 0.628. The van der Waals surface area contributed by atoms with Crippen LogP contribution in [0.3, 0.4) is 0 Å². The number of hydrogen-bond donors (Lipinski definition) is 1. The van der Waals surface area contributed by atoms with Crippen LogP contribution in [0.1, 0.15) is 16.7 Å². The third kappa shape index (κ3) is 2.31. The van der Waals surface area contributed by atoms with Crippen molar-refractivity contribution in [3.05, 3.63) is 65.0 Å². The quantitative estimate of drug-likeness (QED) is 0.766. The summed E-state index contributed by atoms with van der Waals surface area (Å²) in [5.74, 6) is 0.793. The van der Waals surface area contributed by atoms with Gasteiger partial charge in [0.15, 0.2) is 0 Å². The van der Waals surface area contributed by atoms with E-state index in [1.54, 1.807) is 12.1 Å². The zero-order valence-corrected chi connectivity index (χ0v) is 13.2. The van der Waals surface area contributed by atoms with Crippen molar-refractivity contribution in [1.82, 2.24) is 9.78 Å². The number of halogens is 1. The molecule has 4 heteroatoms. The number of aryl methyl sites for hydroxylation is 2. The molecule has 2 aromatic carbocycles. The fourth-order valence-corrected chi connectivity index (χ4v) is 3.16. The third-order valence-electron chi connectivity index (χ3n) is 4.34. The Bertz CT molecular complexity index is 896. The first kappa shape index (κ1) is 14.0. The molecule has 1 aromatic heterocycles. The number of benzene rings is 2. The number of hydrogen-bond acceptors (Lipinski definition) is 2. The summed E-state index contributed by atoms with van der Waals surface area (Å²) in [5.41, 5.74) is 6.29. The molecule has 3 nitrogen and oxygen atoms in total. The average Bonchev–Trinajstić information content (AvgIpc) is 3.12. The molecule has 0 unspecified atom stereocenters. The van der Waals surface area contributed by atoms with Crippen LogP contribution < -0.4 is 5.32 Å². The number of aromatic nitrogens is 2. The van der Waals surface area contributed by atoms with Gasteiger partial charge in [-0.2, -0.15) is 5.10 Å². The Morgan fingerprint density at radius 2 is 2.00 bits per heavy atom. The Labute approximate surface area is 134 Å². The van der Waals surface area contributed by atoms with E-state index in [1.807, 2.05) is 10.7 Å². The minimum atomic E-state index is -0.233. The van der Waals surface area contributed by atoms with Gasteiger partial charge in [0.25, 0.3) is 0 Å². The predicted octanol–water partition coefficient (Wildman–Crippen LogP) is 4.26. The number of anilines is 1. The van der Waals surface area contributed by atoms with Crippen molar-refractivity contribution in [3.8, 4) is 16.9 Å². The van der Waals surface area contributed by atoms with Gasteiger partial charge in [0.1, 0.15) is 11.6 Å². The first-order valence-electron chi connectivity index (χ1n) is 7.83. The smallest absolute Gasteiger partial charge is 0.133 e. The van der Waals surface area contributed by atoms with Gasteiger partial charge in [-0.25, -0.2) is 9.07 Å². The molecule has 0 fully saturated rings. The Morgan fingerprint density at radius 1 is 1.13 bits per heavy atom. The molecule has 4 rings (SSSR count). The molecule has 0 atom stereocenters. The SMILES string of the molecule is Cc1ccc(C)c(-n2nc(-c3cccc(F)c3)c3c2NCC3)c1. The van der Waals surface area contributed by atoms with Crippen LogP contribution in [0.2, 0.25) is 0 Å². The number of nitrogens with one attached hydrogen (secondary N) is 1. The summed E-state index contributed by atoms with van der Waals surface area (Å²) in [5, 5.41) is 8.23. The zero-order valence-electron chi connectivity index (χ0n) is 13.2. The Kier molecular flexibility index (Phi) is 3.18. The molecular formula is C19H18FN3. The van der Waals surface area contributed by atoms with Crippen LogP contribution in [-0.2, 0) is 6.42 Å². The Balaban J connectivity index is 1.93. The molecule has 2 heterocycles. The summed E-state index contributed by atoms with van der Waals surface area (Å²) >= 11 is 0. The standard InChI is InChI=1S/C19H18FN3/c1-12-6-7-13(2)17(10-12)23-19-16(8-9-21-19)18(22-23)14-4-3-5-15(20)11-14/h3-7,10-11,21H,8-9H2,1-2H3. The second-order valence-corrected chi connectivity index (χ2v) is 6.06.